The molecule has 0 aromatic heterocycles. The number of carbonyl (C=O) groups excluding carboxylic acids is 1. The summed E-state index contributed by atoms with van der Waals surface area (Å²) in [6.07, 6.45) is 20.0. The molecule has 0 aliphatic heterocycles. The fourth-order valence-electron chi connectivity index (χ4n) is 8.47. The van der Waals surface area contributed by atoms with Gasteiger partial charge in [-0.1, -0.05) is 59.1 Å². The van der Waals surface area contributed by atoms with E-state index in [9.17, 15) is 4.79 Å². The van der Waals surface area contributed by atoms with Gasteiger partial charge >= 0.3 is 0 Å². The summed E-state index contributed by atoms with van der Waals surface area (Å²) in [7, 11) is 0. The van der Waals surface area contributed by atoms with Gasteiger partial charge in [-0.15, -0.1) is 0 Å². The molecule has 0 aromatic rings. The lowest BCUT2D eigenvalue weighted by molar-refractivity contribution is -0.115. The molecule has 4 rings (SSSR count). The fraction of sp³-hybridized carbons (Fsp3) is 0.885. The van der Waals surface area contributed by atoms with Crippen LogP contribution in [-0.4, -0.2) is 6.29 Å². The van der Waals surface area contributed by atoms with Gasteiger partial charge in [0.15, 0.2) is 0 Å². The van der Waals surface area contributed by atoms with Gasteiger partial charge in [-0.05, 0) is 91.3 Å². The standard InChI is InChI=1S/C26H42O/c1-18(2)9-5-6-10-19-12-13-22-24-20(17-27)21-11-7-8-15-26(21,4)23(24)14-16-25(19,22)3/h7,11,17-24H,5-6,8-10,12-16H2,1-4H3/t19-,20?,21?,22?,23?,24?,25+,26-/m0/s1. The summed E-state index contributed by atoms with van der Waals surface area (Å²) in [5.41, 5.74) is 0.898. The lowest BCUT2D eigenvalue weighted by Gasteiger charge is -2.50. The molecule has 0 amide bonds. The van der Waals surface area contributed by atoms with Crippen LogP contribution < -0.4 is 0 Å². The smallest absolute Gasteiger partial charge is 0.123 e. The van der Waals surface area contributed by atoms with Crippen molar-refractivity contribution in [1.82, 2.24) is 0 Å². The molecule has 0 aromatic carbocycles. The highest BCUT2D eigenvalue weighted by atomic mass is 16.1. The monoisotopic (exact) mass is 370 g/mol. The number of allylic oxidation sites excluding steroid dienone is 2. The van der Waals surface area contributed by atoms with Crippen molar-refractivity contribution in [2.45, 2.75) is 91.9 Å². The zero-order valence-corrected chi connectivity index (χ0v) is 18.3. The molecule has 1 nitrogen and oxygen atoms in total. The average Bonchev–Trinajstić information content (AvgIpc) is 3.09. The third-order valence-corrected chi connectivity index (χ3v) is 9.93. The van der Waals surface area contributed by atoms with E-state index in [1.165, 1.54) is 70.5 Å². The average molecular weight is 371 g/mol. The minimum absolute atomic E-state index is 0.292. The molecule has 0 saturated heterocycles. The van der Waals surface area contributed by atoms with Gasteiger partial charge in [-0.2, -0.15) is 0 Å². The molecule has 3 saturated carbocycles. The predicted octanol–water partition coefficient (Wildman–Crippen LogP) is 7.06. The maximum atomic E-state index is 12.3. The topological polar surface area (TPSA) is 17.1 Å². The largest absolute Gasteiger partial charge is 0.303 e. The van der Waals surface area contributed by atoms with Crippen LogP contribution in [0.5, 0.6) is 0 Å². The van der Waals surface area contributed by atoms with Crippen molar-refractivity contribution in [3.05, 3.63) is 12.2 Å². The molecular formula is C26H42O. The SMILES string of the molecule is CC(C)CCCC[C@H]1CCC2C3C(C=O)C4C=CCC[C@]4(C)C3CC[C@@]21C. The first kappa shape index (κ1) is 19.7. The van der Waals surface area contributed by atoms with Crippen LogP contribution in [0.25, 0.3) is 0 Å². The van der Waals surface area contributed by atoms with Crippen LogP contribution in [0.2, 0.25) is 0 Å². The summed E-state index contributed by atoms with van der Waals surface area (Å²) in [5.74, 6) is 4.83. The molecule has 0 radical (unpaired) electrons. The van der Waals surface area contributed by atoms with Crippen molar-refractivity contribution in [2.24, 2.45) is 52.3 Å². The van der Waals surface area contributed by atoms with Crippen LogP contribution in [-0.2, 0) is 4.79 Å². The summed E-state index contributed by atoms with van der Waals surface area (Å²) in [5, 5.41) is 0. The quantitative estimate of drug-likeness (QED) is 0.278. The summed E-state index contributed by atoms with van der Waals surface area (Å²) in [6, 6.07) is 0. The number of carbonyl (C=O) groups is 1. The first-order chi connectivity index (χ1) is 12.9. The first-order valence-electron chi connectivity index (χ1n) is 12.0. The Bertz CT molecular complexity index is 577. The predicted molar refractivity (Wildman–Crippen MR) is 113 cm³/mol. The van der Waals surface area contributed by atoms with E-state index in [2.05, 4.69) is 39.8 Å². The van der Waals surface area contributed by atoms with Crippen molar-refractivity contribution in [2.75, 3.05) is 0 Å². The van der Waals surface area contributed by atoms with Crippen LogP contribution in [0.4, 0.5) is 0 Å². The van der Waals surface area contributed by atoms with Crippen molar-refractivity contribution in [3.8, 4) is 0 Å². The van der Waals surface area contributed by atoms with Gasteiger partial charge < -0.3 is 4.79 Å². The minimum atomic E-state index is 0.292. The molecule has 4 aliphatic carbocycles. The van der Waals surface area contributed by atoms with Gasteiger partial charge in [0.2, 0.25) is 0 Å². The fourth-order valence-corrected chi connectivity index (χ4v) is 8.47. The Morgan fingerprint density at radius 1 is 1.04 bits per heavy atom. The van der Waals surface area contributed by atoms with E-state index < -0.39 is 0 Å². The Balaban J connectivity index is 1.52. The Labute approximate surface area is 167 Å². The van der Waals surface area contributed by atoms with Crippen LogP contribution in [0.15, 0.2) is 12.2 Å². The number of hydrogen-bond donors (Lipinski definition) is 0. The van der Waals surface area contributed by atoms with E-state index in [0.29, 0.717) is 28.6 Å². The van der Waals surface area contributed by atoms with Crippen LogP contribution in [0.1, 0.15) is 91.9 Å². The molecule has 5 unspecified atom stereocenters. The zero-order chi connectivity index (χ0) is 19.2. The van der Waals surface area contributed by atoms with Gasteiger partial charge in [-0.25, -0.2) is 0 Å². The molecule has 0 spiro atoms. The summed E-state index contributed by atoms with van der Waals surface area (Å²) in [6.45, 7) is 9.85. The molecule has 1 heteroatoms. The second kappa shape index (κ2) is 7.34. The van der Waals surface area contributed by atoms with E-state index in [-0.39, 0.29) is 0 Å². The molecule has 0 bridgehead atoms. The molecular weight excluding hydrogens is 328 g/mol. The van der Waals surface area contributed by atoms with E-state index in [1.54, 1.807) is 0 Å². The molecule has 27 heavy (non-hydrogen) atoms. The van der Waals surface area contributed by atoms with Gasteiger partial charge in [-0.3, -0.25) is 0 Å². The van der Waals surface area contributed by atoms with E-state index in [4.69, 9.17) is 0 Å². The van der Waals surface area contributed by atoms with Crippen molar-refractivity contribution < 1.29 is 4.79 Å². The Morgan fingerprint density at radius 2 is 1.81 bits per heavy atom. The molecule has 4 aliphatic rings. The second-order valence-electron chi connectivity index (χ2n) is 11.5. The van der Waals surface area contributed by atoms with Gasteiger partial charge in [0.05, 0.1) is 0 Å². The van der Waals surface area contributed by atoms with E-state index >= 15 is 0 Å². The summed E-state index contributed by atoms with van der Waals surface area (Å²) in [4.78, 5) is 12.3. The lowest BCUT2D eigenvalue weighted by atomic mass is 9.54. The van der Waals surface area contributed by atoms with E-state index in [0.717, 1.165) is 23.7 Å². The molecule has 0 N–H and O–H groups in total. The van der Waals surface area contributed by atoms with Crippen LogP contribution in [0, 0.1) is 52.3 Å². The van der Waals surface area contributed by atoms with Crippen molar-refractivity contribution in [1.29, 1.82) is 0 Å². The Morgan fingerprint density at radius 3 is 2.56 bits per heavy atom. The van der Waals surface area contributed by atoms with Crippen molar-refractivity contribution >= 4 is 6.29 Å². The molecule has 152 valence electrons. The highest BCUT2D eigenvalue weighted by molar-refractivity contribution is 5.57. The highest BCUT2D eigenvalue weighted by Gasteiger charge is 2.64. The number of unbranched alkanes of at least 4 members (excludes halogenated alkanes) is 1. The maximum Gasteiger partial charge on any atom is 0.123 e. The Hall–Kier alpha value is -0.590. The summed E-state index contributed by atoms with van der Waals surface area (Å²) < 4.78 is 0. The van der Waals surface area contributed by atoms with Gasteiger partial charge in [0.1, 0.15) is 6.29 Å². The van der Waals surface area contributed by atoms with E-state index in [1.807, 2.05) is 0 Å². The van der Waals surface area contributed by atoms with Gasteiger partial charge in [0, 0.05) is 5.92 Å². The second-order valence-corrected chi connectivity index (χ2v) is 11.5. The normalized spacial score (nSPS) is 48.3. The maximum absolute atomic E-state index is 12.3. The number of hydrogen-bond acceptors (Lipinski definition) is 1. The summed E-state index contributed by atoms with van der Waals surface area (Å²) >= 11 is 0. The van der Waals surface area contributed by atoms with Crippen LogP contribution >= 0.6 is 0 Å². The lowest BCUT2D eigenvalue weighted by Crippen LogP contribution is -2.44. The third kappa shape index (κ3) is 3.06. The molecule has 3 fully saturated rings. The molecule has 8 atom stereocenters. The number of fused-ring (bicyclic) bond motifs is 5. The number of aldehydes is 1. The minimum Gasteiger partial charge on any atom is -0.303 e. The van der Waals surface area contributed by atoms with Crippen molar-refractivity contribution in [3.63, 3.8) is 0 Å². The van der Waals surface area contributed by atoms with Gasteiger partial charge in [0.25, 0.3) is 0 Å². The number of rotatable bonds is 6. The third-order valence-electron chi connectivity index (χ3n) is 9.93. The van der Waals surface area contributed by atoms with Crippen LogP contribution in [0.3, 0.4) is 0 Å². The highest BCUT2D eigenvalue weighted by Crippen LogP contribution is 2.70. The first-order valence-corrected chi connectivity index (χ1v) is 12.0. The zero-order valence-electron chi connectivity index (χ0n) is 18.3. The Kier molecular flexibility index (Phi) is 5.36. The molecule has 0 heterocycles.